The SMILES string of the molecule is NC1C(O)CCCC1CCC[C@@H]1CNC(=O)O1. The van der Waals surface area contributed by atoms with Crippen LogP contribution in [0.2, 0.25) is 0 Å². The molecule has 1 amide bonds. The molecule has 2 rings (SSSR count). The average molecular weight is 242 g/mol. The van der Waals surface area contributed by atoms with Gasteiger partial charge < -0.3 is 20.9 Å². The third-order valence-corrected chi connectivity index (χ3v) is 3.91. The highest BCUT2D eigenvalue weighted by Crippen LogP contribution is 2.28. The molecule has 0 aromatic rings. The monoisotopic (exact) mass is 242 g/mol. The number of ether oxygens (including phenoxy) is 1. The van der Waals surface area contributed by atoms with Gasteiger partial charge in [-0.3, -0.25) is 0 Å². The van der Waals surface area contributed by atoms with E-state index in [9.17, 15) is 9.90 Å². The van der Waals surface area contributed by atoms with Gasteiger partial charge in [0, 0.05) is 6.04 Å². The Morgan fingerprint density at radius 3 is 2.94 bits per heavy atom. The van der Waals surface area contributed by atoms with Gasteiger partial charge in [0.1, 0.15) is 6.10 Å². The normalized spacial score (nSPS) is 37.6. The van der Waals surface area contributed by atoms with Crippen molar-refractivity contribution in [1.82, 2.24) is 5.32 Å². The summed E-state index contributed by atoms with van der Waals surface area (Å²) < 4.78 is 5.07. The van der Waals surface area contributed by atoms with E-state index >= 15 is 0 Å². The second kappa shape index (κ2) is 5.69. The Balaban J connectivity index is 1.66. The fourth-order valence-electron chi connectivity index (χ4n) is 2.83. The molecule has 17 heavy (non-hydrogen) atoms. The van der Waals surface area contributed by atoms with Crippen LogP contribution in [0.1, 0.15) is 38.5 Å². The third-order valence-electron chi connectivity index (χ3n) is 3.91. The van der Waals surface area contributed by atoms with Gasteiger partial charge in [-0.05, 0) is 38.0 Å². The quantitative estimate of drug-likeness (QED) is 0.679. The fraction of sp³-hybridized carbons (Fsp3) is 0.917. The van der Waals surface area contributed by atoms with E-state index in [-0.39, 0.29) is 24.3 Å². The first-order valence-electron chi connectivity index (χ1n) is 6.55. The van der Waals surface area contributed by atoms with E-state index in [2.05, 4.69) is 5.32 Å². The Kier molecular flexibility index (Phi) is 4.23. The molecule has 1 aliphatic carbocycles. The number of aliphatic hydroxyl groups is 1. The highest BCUT2D eigenvalue weighted by molar-refractivity contribution is 5.69. The first-order valence-corrected chi connectivity index (χ1v) is 6.55. The van der Waals surface area contributed by atoms with Gasteiger partial charge in [0.15, 0.2) is 0 Å². The van der Waals surface area contributed by atoms with E-state index in [0.29, 0.717) is 12.5 Å². The largest absolute Gasteiger partial charge is 0.444 e. The van der Waals surface area contributed by atoms with Crippen LogP contribution in [0.5, 0.6) is 0 Å². The number of amides is 1. The molecule has 4 atom stereocenters. The van der Waals surface area contributed by atoms with Crippen molar-refractivity contribution in [2.24, 2.45) is 11.7 Å². The van der Waals surface area contributed by atoms with Crippen LogP contribution in [0.4, 0.5) is 4.79 Å². The smallest absolute Gasteiger partial charge is 0.407 e. The minimum atomic E-state index is -0.334. The predicted molar refractivity (Wildman–Crippen MR) is 63.4 cm³/mol. The number of alkyl carbamates (subject to hydrolysis) is 1. The molecular weight excluding hydrogens is 220 g/mol. The van der Waals surface area contributed by atoms with Crippen LogP contribution in [-0.4, -0.2) is 36.0 Å². The van der Waals surface area contributed by atoms with Crippen LogP contribution in [0, 0.1) is 5.92 Å². The standard InChI is InChI=1S/C12H22N2O3/c13-11-8(4-2-6-10(11)15)3-1-5-9-7-14-12(16)17-9/h8-11,15H,1-7,13H2,(H,14,16)/t8?,9-,10?,11?/m1/s1. The van der Waals surface area contributed by atoms with Gasteiger partial charge in [0.2, 0.25) is 0 Å². The van der Waals surface area contributed by atoms with E-state index in [1.165, 1.54) is 0 Å². The van der Waals surface area contributed by atoms with E-state index in [1.807, 2.05) is 0 Å². The molecule has 5 heteroatoms. The molecule has 2 fully saturated rings. The van der Waals surface area contributed by atoms with Crippen LogP contribution in [-0.2, 0) is 4.74 Å². The lowest BCUT2D eigenvalue weighted by molar-refractivity contribution is 0.0707. The van der Waals surface area contributed by atoms with E-state index < -0.39 is 0 Å². The molecule has 0 aromatic carbocycles. The maximum Gasteiger partial charge on any atom is 0.407 e. The van der Waals surface area contributed by atoms with Crippen molar-refractivity contribution in [3.05, 3.63) is 0 Å². The number of hydrogen-bond donors (Lipinski definition) is 3. The summed E-state index contributed by atoms with van der Waals surface area (Å²) in [6, 6.07) is -0.0759. The Labute approximate surface area is 102 Å². The van der Waals surface area contributed by atoms with E-state index in [0.717, 1.165) is 38.5 Å². The number of nitrogens with one attached hydrogen (secondary N) is 1. The van der Waals surface area contributed by atoms with Crippen molar-refractivity contribution >= 4 is 6.09 Å². The van der Waals surface area contributed by atoms with Crippen molar-refractivity contribution in [3.8, 4) is 0 Å². The van der Waals surface area contributed by atoms with Crippen molar-refractivity contribution < 1.29 is 14.6 Å². The molecule has 0 aromatic heterocycles. The highest BCUT2D eigenvalue weighted by Gasteiger charge is 2.29. The average Bonchev–Trinajstić information content (AvgIpc) is 2.70. The Bertz CT molecular complexity index is 272. The molecule has 1 aliphatic heterocycles. The molecule has 0 bridgehead atoms. The van der Waals surface area contributed by atoms with Gasteiger partial charge >= 0.3 is 6.09 Å². The summed E-state index contributed by atoms with van der Waals surface area (Å²) in [5.74, 6) is 0.420. The number of hydrogen-bond acceptors (Lipinski definition) is 4. The summed E-state index contributed by atoms with van der Waals surface area (Å²) in [6.07, 6.45) is 5.31. The second-order valence-electron chi connectivity index (χ2n) is 5.17. The third kappa shape index (κ3) is 3.33. The van der Waals surface area contributed by atoms with Crippen LogP contribution < -0.4 is 11.1 Å². The summed E-state index contributed by atoms with van der Waals surface area (Å²) in [5, 5.41) is 12.3. The molecule has 0 spiro atoms. The zero-order valence-corrected chi connectivity index (χ0v) is 10.1. The van der Waals surface area contributed by atoms with Crippen LogP contribution >= 0.6 is 0 Å². The predicted octanol–water partition coefficient (Wildman–Crippen LogP) is 0.753. The zero-order valence-electron chi connectivity index (χ0n) is 10.1. The number of carbonyl (C=O) groups excluding carboxylic acids is 1. The summed E-state index contributed by atoms with van der Waals surface area (Å²) in [6.45, 7) is 0.623. The van der Waals surface area contributed by atoms with Crippen LogP contribution in [0.3, 0.4) is 0 Å². The molecule has 98 valence electrons. The molecule has 3 unspecified atom stereocenters. The highest BCUT2D eigenvalue weighted by atomic mass is 16.6. The second-order valence-corrected chi connectivity index (χ2v) is 5.17. The number of cyclic esters (lactones) is 1. The lowest BCUT2D eigenvalue weighted by Gasteiger charge is -2.33. The Morgan fingerprint density at radius 1 is 1.41 bits per heavy atom. The summed E-state index contributed by atoms with van der Waals surface area (Å²) in [5.41, 5.74) is 5.99. The van der Waals surface area contributed by atoms with Crippen LogP contribution in [0.15, 0.2) is 0 Å². The van der Waals surface area contributed by atoms with Gasteiger partial charge in [-0.25, -0.2) is 4.79 Å². The van der Waals surface area contributed by atoms with Crippen LogP contribution in [0.25, 0.3) is 0 Å². The van der Waals surface area contributed by atoms with Crippen molar-refractivity contribution in [2.75, 3.05) is 6.54 Å². The number of aliphatic hydroxyl groups excluding tert-OH is 1. The molecule has 5 nitrogen and oxygen atoms in total. The first-order chi connectivity index (χ1) is 8.16. The maximum atomic E-state index is 10.8. The molecule has 1 heterocycles. The Hall–Kier alpha value is -0.810. The van der Waals surface area contributed by atoms with E-state index in [1.54, 1.807) is 0 Å². The summed E-state index contributed by atoms with van der Waals surface area (Å²) in [7, 11) is 0. The van der Waals surface area contributed by atoms with Gasteiger partial charge in [-0.1, -0.05) is 6.42 Å². The topological polar surface area (TPSA) is 84.6 Å². The lowest BCUT2D eigenvalue weighted by Crippen LogP contribution is -2.44. The molecule has 0 radical (unpaired) electrons. The summed E-state index contributed by atoms with van der Waals surface area (Å²) in [4.78, 5) is 10.8. The zero-order chi connectivity index (χ0) is 12.3. The fourth-order valence-corrected chi connectivity index (χ4v) is 2.83. The minimum absolute atomic E-state index is 0.0206. The van der Waals surface area contributed by atoms with Gasteiger partial charge in [-0.2, -0.15) is 0 Å². The van der Waals surface area contributed by atoms with Crippen molar-refractivity contribution in [3.63, 3.8) is 0 Å². The number of rotatable bonds is 4. The Morgan fingerprint density at radius 2 is 2.24 bits per heavy atom. The van der Waals surface area contributed by atoms with Gasteiger partial charge in [-0.15, -0.1) is 0 Å². The van der Waals surface area contributed by atoms with E-state index in [4.69, 9.17) is 10.5 Å². The molecule has 4 N–H and O–H groups in total. The number of carbonyl (C=O) groups is 1. The number of nitrogens with two attached hydrogens (primary N) is 1. The molecule has 1 saturated heterocycles. The minimum Gasteiger partial charge on any atom is -0.444 e. The molecule has 1 saturated carbocycles. The lowest BCUT2D eigenvalue weighted by atomic mass is 9.80. The molecule has 2 aliphatic rings. The molecular formula is C12H22N2O3. The van der Waals surface area contributed by atoms with Crippen molar-refractivity contribution in [2.45, 2.75) is 56.8 Å². The first kappa shape index (κ1) is 12.6. The van der Waals surface area contributed by atoms with Crippen molar-refractivity contribution in [1.29, 1.82) is 0 Å². The maximum absolute atomic E-state index is 10.8. The summed E-state index contributed by atoms with van der Waals surface area (Å²) >= 11 is 0. The van der Waals surface area contributed by atoms with Gasteiger partial charge in [0.05, 0.1) is 12.6 Å². The van der Waals surface area contributed by atoms with Gasteiger partial charge in [0.25, 0.3) is 0 Å².